The minimum Gasteiger partial charge on any atom is -0.480 e. The third-order valence-electron chi connectivity index (χ3n) is 5.78. The molecule has 4 aromatic rings. The molecule has 0 unspecified atom stereocenters. The van der Waals surface area contributed by atoms with E-state index in [-0.39, 0.29) is 12.3 Å². The molecule has 1 atom stereocenters. The first-order chi connectivity index (χ1) is 15.1. The van der Waals surface area contributed by atoms with Gasteiger partial charge in [-0.2, -0.15) is 0 Å². The summed E-state index contributed by atoms with van der Waals surface area (Å²) in [6.45, 7) is 0. The summed E-state index contributed by atoms with van der Waals surface area (Å²) in [7, 11) is 0. The predicted molar refractivity (Wildman–Crippen MR) is 119 cm³/mol. The second-order valence-corrected chi connectivity index (χ2v) is 7.71. The largest absolute Gasteiger partial charge is 0.480 e. The van der Waals surface area contributed by atoms with Crippen molar-refractivity contribution >= 4 is 22.8 Å². The minimum absolute atomic E-state index is 0.113. The number of carbonyl (C=O) groups excluding carboxylic acids is 1. The standard InChI is InChI=1S/C26H20N2O3/c29-25(24-20-10-4-2-8-18(20)19-9-3-5-11-21(19)24)28-23(26(30)31)15-17-14-13-16-7-1-6-12-22(16)27-17/h1-14,23-24H,15H2,(H,28,29)(H,30,31)/t23-/m1/s1. The predicted octanol–water partition coefficient (Wildman–Crippen LogP) is 4.16. The molecule has 0 radical (unpaired) electrons. The highest BCUT2D eigenvalue weighted by Crippen LogP contribution is 2.44. The Morgan fingerprint density at radius 1 is 0.839 bits per heavy atom. The minimum atomic E-state index is -1.08. The van der Waals surface area contributed by atoms with Crippen LogP contribution < -0.4 is 5.32 Å². The molecule has 0 spiro atoms. The van der Waals surface area contributed by atoms with Gasteiger partial charge < -0.3 is 10.4 Å². The number of aromatic nitrogens is 1. The number of rotatable bonds is 5. The lowest BCUT2D eigenvalue weighted by atomic mass is 9.95. The highest BCUT2D eigenvalue weighted by molar-refractivity contribution is 5.97. The van der Waals surface area contributed by atoms with E-state index in [0.717, 1.165) is 33.2 Å². The van der Waals surface area contributed by atoms with Crippen molar-refractivity contribution in [2.24, 2.45) is 0 Å². The summed E-state index contributed by atoms with van der Waals surface area (Å²) in [6, 6.07) is 25.9. The van der Waals surface area contributed by atoms with E-state index in [0.29, 0.717) is 5.69 Å². The van der Waals surface area contributed by atoms with E-state index in [9.17, 15) is 14.7 Å². The number of carboxylic acid groups (broad SMARTS) is 1. The van der Waals surface area contributed by atoms with Gasteiger partial charge in [0.2, 0.25) is 5.91 Å². The first-order valence-corrected chi connectivity index (χ1v) is 10.2. The molecule has 0 bridgehead atoms. The lowest BCUT2D eigenvalue weighted by molar-refractivity contribution is -0.141. The van der Waals surface area contributed by atoms with Crippen molar-refractivity contribution in [3.05, 3.63) is 102 Å². The fourth-order valence-electron chi connectivity index (χ4n) is 4.32. The van der Waals surface area contributed by atoms with Crippen LogP contribution in [0.15, 0.2) is 84.9 Å². The van der Waals surface area contributed by atoms with Crippen molar-refractivity contribution < 1.29 is 14.7 Å². The van der Waals surface area contributed by atoms with Gasteiger partial charge in [0.15, 0.2) is 0 Å². The lowest BCUT2D eigenvalue weighted by Gasteiger charge is -2.19. The molecule has 3 aromatic carbocycles. The highest BCUT2D eigenvalue weighted by Gasteiger charge is 2.35. The molecule has 0 aliphatic heterocycles. The normalized spacial score (nSPS) is 13.4. The first kappa shape index (κ1) is 19.0. The second kappa shape index (κ2) is 7.69. The zero-order valence-corrected chi connectivity index (χ0v) is 16.7. The Kier molecular flexibility index (Phi) is 4.71. The number of carboxylic acids is 1. The monoisotopic (exact) mass is 408 g/mol. The van der Waals surface area contributed by atoms with E-state index in [1.54, 1.807) is 0 Å². The zero-order valence-electron chi connectivity index (χ0n) is 16.7. The Morgan fingerprint density at radius 2 is 1.45 bits per heavy atom. The van der Waals surface area contributed by atoms with E-state index >= 15 is 0 Å². The van der Waals surface area contributed by atoms with E-state index in [1.807, 2.05) is 84.9 Å². The molecule has 5 heteroatoms. The third-order valence-corrected chi connectivity index (χ3v) is 5.78. The topological polar surface area (TPSA) is 79.3 Å². The van der Waals surface area contributed by atoms with Crippen LogP contribution in [0.1, 0.15) is 22.7 Å². The average molecular weight is 408 g/mol. The molecular weight excluding hydrogens is 388 g/mol. The molecule has 1 aromatic heterocycles. The van der Waals surface area contributed by atoms with Gasteiger partial charge in [-0.05, 0) is 34.4 Å². The molecule has 0 saturated heterocycles. The van der Waals surface area contributed by atoms with Crippen LogP contribution in [0.4, 0.5) is 0 Å². The summed E-state index contributed by atoms with van der Waals surface area (Å²) >= 11 is 0. The van der Waals surface area contributed by atoms with E-state index < -0.39 is 17.9 Å². The fraction of sp³-hybridized carbons (Fsp3) is 0.115. The summed E-state index contributed by atoms with van der Waals surface area (Å²) in [5, 5.41) is 13.5. The van der Waals surface area contributed by atoms with Gasteiger partial charge in [0.25, 0.3) is 0 Å². The molecule has 31 heavy (non-hydrogen) atoms. The summed E-state index contributed by atoms with van der Waals surface area (Å²) in [4.78, 5) is 29.8. The van der Waals surface area contributed by atoms with Crippen molar-refractivity contribution in [3.8, 4) is 11.1 Å². The van der Waals surface area contributed by atoms with Crippen LogP contribution >= 0.6 is 0 Å². The number of hydrogen-bond acceptors (Lipinski definition) is 3. The van der Waals surface area contributed by atoms with Crippen molar-refractivity contribution in [1.29, 1.82) is 0 Å². The smallest absolute Gasteiger partial charge is 0.326 e. The van der Waals surface area contributed by atoms with Crippen LogP contribution in [0.25, 0.3) is 22.0 Å². The van der Waals surface area contributed by atoms with Gasteiger partial charge >= 0.3 is 5.97 Å². The van der Waals surface area contributed by atoms with Crippen LogP contribution in [0.5, 0.6) is 0 Å². The summed E-state index contributed by atoms with van der Waals surface area (Å²) < 4.78 is 0. The number of benzene rings is 3. The number of para-hydroxylation sites is 1. The number of hydrogen-bond donors (Lipinski definition) is 2. The zero-order chi connectivity index (χ0) is 21.4. The summed E-state index contributed by atoms with van der Waals surface area (Å²) in [5.74, 6) is -1.92. The van der Waals surface area contributed by atoms with Gasteiger partial charge in [0.1, 0.15) is 6.04 Å². The molecule has 2 N–H and O–H groups in total. The molecule has 1 amide bonds. The van der Waals surface area contributed by atoms with Crippen molar-refractivity contribution in [3.63, 3.8) is 0 Å². The summed E-state index contributed by atoms with van der Waals surface area (Å²) in [5.41, 5.74) is 5.25. The number of pyridine rings is 1. The fourth-order valence-corrected chi connectivity index (χ4v) is 4.32. The SMILES string of the molecule is O=C(N[C@H](Cc1ccc2ccccc2n1)C(=O)O)C1c2ccccc2-c2ccccc21. The Balaban J connectivity index is 1.43. The van der Waals surface area contributed by atoms with Gasteiger partial charge in [-0.15, -0.1) is 0 Å². The van der Waals surface area contributed by atoms with E-state index in [4.69, 9.17) is 0 Å². The van der Waals surface area contributed by atoms with Gasteiger partial charge in [-0.25, -0.2) is 4.79 Å². The van der Waals surface area contributed by atoms with Crippen molar-refractivity contribution in [1.82, 2.24) is 10.3 Å². The molecule has 0 fully saturated rings. The summed E-state index contributed by atoms with van der Waals surface area (Å²) in [6.07, 6.45) is 0.113. The van der Waals surface area contributed by atoms with Gasteiger partial charge in [-0.3, -0.25) is 9.78 Å². The van der Waals surface area contributed by atoms with E-state index in [1.165, 1.54) is 0 Å². The number of nitrogens with one attached hydrogen (secondary N) is 1. The van der Waals surface area contributed by atoms with Crippen LogP contribution in [-0.4, -0.2) is 28.0 Å². The van der Waals surface area contributed by atoms with Crippen molar-refractivity contribution in [2.45, 2.75) is 18.4 Å². The van der Waals surface area contributed by atoms with Crippen LogP contribution in [0.3, 0.4) is 0 Å². The van der Waals surface area contributed by atoms with E-state index in [2.05, 4.69) is 10.3 Å². The molecular formula is C26H20N2O3. The maximum atomic E-state index is 13.3. The van der Waals surface area contributed by atoms with Crippen LogP contribution in [0.2, 0.25) is 0 Å². The molecule has 152 valence electrons. The molecule has 5 rings (SSSR count). The Morgan fingerprint density at radius 3 is 2.13 bits per heavy atom. The lowest BCUT2D eigenvalue weighted by Crippen LogP contribution is -2.44. The quantitative estimate of drug-likeness (QED) is 0.520. The molecule has 1 aliphatic rings. The Bertz CT molecular complexity index is 1270. The van der Waals surface area contributed by atoms with Gasteiger partial charge in [0, 0.05) is 17.5 Å². The first-order valence-electron chi connectivity index (χ1n) is 10.2. The molecule has 0 saturated carbocycles. The number of nitrogens with zero attached hydrogens (tertiary/aromatic N) is 1. The number of amides is 1. The molecule has 1 aliphatic carbocycles. The maximum absolute atomic E-state index is 13.3. The highest BCUT2D eigenvalue weighted by atomic mass is 16.4. The van der Waals surface area contributed by atoms with Crippen LogP contribution in [0, 0.1) is 0 Å². The van der Waals surface area contributed by atoms with Crippen molar-refractivity contribution in [2.75, 3.05) is 0 Å². The number of fused-ring (bicyclic) bond motifs is 4. The third kappa shape index (κ3) is 3.44. The van der Waals surface area contributed by atoms with Gasteiger partial charge in [-0.1, -0.05) is 72.8 Å². The Labute approximate surface area is 179 Å². The molecule has 1 heterocycles. The number of carbonyl (C=O) groups is 2. The average Bonchev–Trinajstić information content (AvgIpc) is 3.13. The Hall–Kier alpha value is -3.99. The molecule has 5 nitrogen and oxygen atoms in total. The maximum Gasteiger partial charge on any atom is 0.326 e. The van der Waals surface area contributed by atoms with Gasteiger partial charge in [0.05, 0.1) is 11.4 Å². The number of aliphatic carboxylic acids is 1. The second-order valence-electron chi connectivity index (χ2n) is 7.71. The van der Waals surface area contributed by atoms with Crippen LogP contribution in [-0.2, 0) is 16.0 Å².